The number of fused-ring (bicyclic) bond motifs is 2. The number of hydrogen-bond donors (Lipinski definition) is 0. The normalized spacial score (nSPS) is 14.3. The number of rotatable bonds is 5. The topological polar surface area (TPSA) is 51.8 Å². The minimum absolute atomic E-state index is 0. The van der Waals surface area contributed by atoms with E-state index < -0.39 is 0 Å². The van der Waals surface area contributed by atoms with Crippen molar-refractivity contribution in [2.45, 2.75) is 25.9 Å². The molecule has 6 nitrogen and oxygen atoms in total. The molecule has 1 saturated heterocycles. The molecule has 148 valence electrons. The van der Waals surface area contributed by atoms with Crippen molar-refractivity contribution in [2.75, 3.05) is 19.6 Å². The van der Waals surface area contributed by atoms with E-state index >= 15 is 0 Å². The van der Waals surface area contributed by atoms with E-state index in [0.29, 0.717) is 6.54 Å². The SMILES string of the molecule is Cl.Cl.c1ccc2nn(Cc3nc4ccccc4n3CCN3CCCC3)nc2c1. The molecule has 0 bridgehead atoms. The molecule has 0 spiro atoms. The summed E-state index contributed by atoms with van der Waals surface area (Å²) in [5.74, 6) is 1.02. The molecule has 0 saturated carbocycles. The first kappa shape index (κ1) is 20.6. The van der Waals surface area contributed by atoms with Crippen molar-refractivity contribution >= 4 is 46.9 Å². The lowest BCUT2D eigenvalue weighted by Crippen LogP contribution is -2.25. The van der Waals surface area contributed by atoms with E-state index in [1.54, 1.807) is 4.80 Å². The van der Waals surface area contributed by atoms with Crippen molar-refractivity contribution in [3.8, 4) is 0 Å². The molecule has 2 aromatic carbocycles. The summed E-state index contributed by atoms with van der Waals surface area (Å²) >= 11 is 0. The van der Waals surface area contributed by atoms with Gasteiger partial charge in [-0.2, -0.15) is 15.0 Å². The maximum absolute atomic E-state index is 4.87. The lowest BCUT2D eigenvalue weighted by Gasteiger charge is -2.16. The molecule has 0 amide bonds. The zero-order chi connectivity index (χ0) is 17.3. The van der Waals surface area contributed by atoms with Gasteiger partial charge in [0.2, 0.25) is 0 Å². The van der Waals surface area contributed by atoms with Gasteiger partial charge in [0.1, 0.15) is 23.4 Å². The average molecular weight is 419 g/mol. The summed E-state index contributed by atoms with van der Waals surface area (Å²) in [4.78, 5) is 9.17. The van der Waals surface area contributed by atoms with E-state index in [-0.39, 0.29) is 24.8 Å². The minimum atomic E-state index is 0. The number of likely N-dealkylation sites (tertiary alicyclic amines) is 1. The Morgan fingerprint density at radius 2 is 1.36 bits per heavy atom. The first-order valence-electron chi connectivity index (χ1n) is 9.33. The molecule has 1 fully saturated rings. The lowest BCUT2D eigenvalue weighted by molar-refractivity contribution is 0.321. The number of imidazole rings is 1. The van der Waals surface area contributed by atoms with Gasteiger partial charge in [0.15, 0.2) is 0 Å². The molecule has 5 rings (SSSR count). The maximum Gasteiger partial charge on any atom is 0.133 e. The fourth-order valence-corrected chi connectivity index (χ4v) is 3.84. The second-order valence-corrected chi connectivity index (χ2v) is 6.94. The molecule has 1 aliphatic heterocycles. The molecule has 0 unspecified atom stereocenters. The Hall–Kier alpha value is -2.15. The van der Waals surface area contributed by atoms with Crippen LogP contribution in [0.3, 0.4) is 0 Å². The highest BCUT2D eigenvalue weighted by Crippen LogP contribution is 2.18. The summed E-state index contributed by atoms with van der Waals surface area (Å²) < 4.78 is 2.34. The van der Waals surface area contributed by atoms with E-state index in [2.05, 4.69) is 37.9 Å². The number of aromatic nitrogens is 5. The van der Waals surface area contributed by atoms with Gasteiger partial charge >= 0.3 is 0 Å². The molecule has 0 atom stereocenters. The molecule has 2 aromatic heterocycles. The van der Waals surface area contributed by atoms with Crippen LogP contribution in [0.15, 0.2) is 48.5 Å². The van der Waals surface area contributed by atoms with Gasteiger partial charge < -0.3 is 9.47 Å². The van der Waals surface area contributed by atoms with Crippen LogP contribution in [0.2, 0.25) is 0 Å². The summed E-state index contributed by atoms with van der Waals surface area (Å²) in [6.07, 6.45) is 2.64. The van der Waals surface area contributed by atoms with E-state index in [0.717, 1.165) is 35.5 Å². The third kappa shape index (κ3) is 3.99. The zero-order valence-corrected chi connectivity index (χ0v) is 17.2. The first-order valence-corrected chi connectivity index (χ1v) is 9.33. The summed E-state index contributed by atoms with van der Waals surface area (Å²) in [6, 6.07) is 16.3. The number of benzene rings is 2. The third-order valence-corrected chi connectivity index (χ3v) is 5.18. The average Bonchev–Trinajstić information content (AvgIpc) is 3.38. The summed E-state index contributed by atoms with van der Waals surface area (Å²) in [5, 5.41) is 9.20. The zero-order valence-electron chi connectivity index (χ0n) is 15.6. The van der Waals surface area contributed by atoms with Crippen LogP contribution in [-0.4, -0.2) is 49.1 Å². The first-order chi connectivity index (χ1) is 12.9. The van der Waals surface area contributed by atoms with Crippen LogP contribution in [-0.2, 0) is 13.1 Å². The van der Waals surface area contributed by atoms with Crippen molar-refractivity contribution in [3.63, 3.8) is 0 Å². The molecule has 0 radical (unpaired) electrons. The van der Waals surface area contributed by atoms with E-state index in [4.69, 9.17) is 4.98 Å². The quantitative estimate of drug-likeness (QED) is 0.494. The van der Waals surface area contributed by atoms with Crippen molar-refractivity contribution in [2.24, 2.45) is 0 Å². The third-order valence-electron chi connectivity index (χ3n) is 5.18. The van der Waals surface area contributed by atoms with Gasteiger partial charge in [-0.15, -0.1) is 24.8 Å². The van der Waals surface area contributed by atoms with Crippen molar-refractivity contribution in [1.29, 1.82) is 0 Å². The van der Waals surface area contributed by atoms with Gasteiger partial charge in [0.25, 0.3) is 0 Å². The highest BCUT2D eigenvalue weighted by molar-refractivity contribution is 5.85. The summed E-state index contributed by atoms with van der Waals surface area (Å²) in [5.41, 5.74) is 4.08. The van der Waals surface area contributed by atoms with Crippen molar-refractivity contribution < 1.29 is 0 Å². The summed E-state index contributed by atoms with van der Waals surface area (Å²) in [6.45, 7) is 5.05. The smallest absolute Gasteiger partial charge is 0.133 e. The number of para-hydroxylation sites is 2. The van der Waals surface area contributed by atoms with Gasteiger partial charge in [-0.25, -0.2) is 4.98 Å². The molecule has 0 aliphatic carbocycles. The second kappa shape index (κ2) is 8.90. The molecule has 8 heteroatoms. The second-order valence-electron chi connectivity index (χ2n) is 6.94. The number of nitrogens with zero attached hydrogens (tertiary/aromatic N) is 6. The van der Waals surface area contributed by atoms with Crippen LogP contribution >= 0.6 is 24.8 Å². The molecule has 0 N–H and O–H groups in total. The highest BCUT2D eigenvalue weighted by Gasteiger charge is 2.15. The lowest BCUT2D eigenvalue weighted by atomic mass is 10.3. The van der Waals surface area contributed by atoms with Crippen LogP contribution in [0.5, 0.6) is 0 Å². The van der Waals surface area contributed by atoms with Crippen LogP contribution in [0.1, 0.15) is 18.7 Å². The Kier molecular flexibility index (Phi) is 6.54. The van der Waals surface area contributed by atoms with Crippen LogP contribution in [0.25, 0.3) is 22.1 Å². The van der Waals surface area contributed by atoms with Gasteiger partial charge in [-0.1, -0.05) is 24.3 Å². The van der Waals surface area contributed by atoms with Crippen LogP contribution < -0.4 is 0 Å². The van der Waals surface area contributed by atoms with Crippen LogP contribution in [0, 0.1) is 0 Å². The van der Waals surface area contributed by atoms with Crippen molar-refractivity contribution in [1.82, 2.24) is 29.4 Å². The predicted octanol–water partition coefficient (Wildman–Crippen LogP) is 3.77. The Morgan fingerprint density at radius 3 is 2.04 bits per heavy atom. The van der Waals surface area contributed by atoms with E-state index in [1.165, 1.54) is 31.4 Å². The van der Waals surface area contributed by atoms with E-state index in [1.807, 2.05) is 30.3 Å². The molecular weight excluding hydrogens is 395 g/mol. The molecule has 28 heavy (non-hydrogen) atoms. The monoisotopic (exact) mass is 418 g/mol. The maximum atomic E-state index is 4.87. The predicted molar refractivity (Wildman–Crippen MR) is 117 cm³/mol. The van der Waals surface area contributed by atoms with Gasteiger partial charge in [-0.05, 0) is 50.2 Å². The largest absolute Gasteiger partial charge is 0.325 e. The fraction of sp³-hybridized carbons (Fsp3) is 0.350. The molecule has 4 aromatic rings. The summed E-state index contributed by atoms with van der Waals surface area (Å²) in [7, 11) is 0. The Bertz CT molecular complexity index is 1020. The van der Waals surface area contributed by atoms with Gasteiger partial charge in [0.05, 0.1) is 11.0 Å². The van der Waals surface area contributed by atoms with Crippen LogP contribution in [0.4, 0.5) is 0 Å². The molecular formula is C20H24Cl2N6. The molecule has 1 aliphatic rings. The minimum Gasteiger partial charge on any atom is -0.325 e. The van der Waals surface area contributed by atoms with Gasteiger partial charge in [0, 0.05) is 13.1 Å². The molecule has 3 heterocycles. The number of hydrogen-bond acceptors (Lipinski definition) is 4. The highest BCUT2D eigenvalue weighted by atomic mass is 35.5. The van der Waals surface area contributed by atoms with Crippen molar-refractivity contribution in [3.05, 3.63) is 54.4 Å². The van der Waals surface area contributed by atoms with E-state index in [9.17, 15) is 0 Å². The Balaban J connectivity index is 0.00000112. The fourth-order valence-electron chi connectivity index (χ4n) is 3.84. The Labute approximate surface area is 176 Å². The number of halogens is 2. The standard InChI is InChI=1S/C20H22N6.2ClH/c1-2-8-17-16(7-1)22-26(23-17)15-20-21-18-9-3-4-10-19(18)25(20)14-13-24-11-5-6-12-24;;/h1-4,7-10H,5-6,11-15H2;2*1H. The van der Waals surface area contributed by atoms with Gasteiger partial charge in [-0.3, -0.25) is 0 Å². The Morgan fingerprint density at radius 1 is 0.750 bits per heavy atom.